The molecule has 1 aliphatic carbocycles. The van der Waals surface area contributed by atoms with Crippen molar-refractivity contribution in [2.75, 3.05) is 18.0 Å². The predicted octanol–water partition coefficient (Wildman–Crippen LogP) is 3.50. The van der Waals surface area contributed by atoms with E-state index >= 15 is 0 Å². The topological polar surface area (TPSA) is 42.2 Å². The summed E-state index contributed by atoms with van der Waals surface area (Å²) >= 11 is 1.90. The van der Waals surface area contributed by atoms with E-state index in [2.05, 4.69) is 11.8 Å². The lowest BCUT2D eigenvalue weighted by atomic mass is 9.98. The molecule has 106 valence electrons. The fourth-order valence-corrected chi connectivity index (χ4v) is 4.56. The molecule has 3 nitrogen and oxygen atoms in total. The van der Waals surface area contributed by atoms with Crippen LogP contribution in [0.2, 0.25) is 0 Å². The molecular formula is C15H25N3S. The Morgan fingerprint density at radius 2 is 2.16 bits per heavy atom. The molecule has 1 fully saturated rings. The van der Waals surface area contributed by atoms with Gasteiger partial charge in [-0.05, 0) is 44.4 Å². The van der Waals surface area contributed by atoms with Crippen LogP contribution < -0.4 is 10.6 Å². The molecule has 2 aliphatic rings. The number of hydrogen-bond acceptors (Lipinski definition) is 4. The second-order valence-corrected chi connectivity index (χ2v) is 7.06. The number of aryl methyl sites for hydroxylation is 1. The first kappa shape index (κ1) is 13.4. The number of anilines is 1. The van der Waals surface area contributed by atoms with Gasteiger partial charge in [0.25, 0.3) is 0 Å². The zero-order chi connectivity index (χ0) is 13.2. The van der Waals surface area contributed by atoms with Gasteiger partial charge in [0.15, 0.2) is 5.13 Å². The Morgan fingerprint density at radius 3 is 2.95 bits per heavy atom. The number of rotatable bonds is 2. The molecule has 1 aromatic rings. The summed E-state index contributed by atoms with van der Waals surface area (Å²) in [6.07, 6.45) is 8.88. The van der Waals surface area contributed by atoms with Gasteiger partial charge in [-0.3, -0.25) is 0 Å². The summed E-state index contributed by atoms with van der Waals surface area (Å²) in [5.74, 6) is 0.918. The van der Waals surface area contributed by atoms with E-state index in [1.54, 1.807) is 0 Å². The second kappa shape index (κ2) is 5.80. The highest BCUT2D eigenvalue weighted by molar-refractivity contribution is 7.15. The minimum atomic E-state index is 0.184. The third kappa shape index (κ3) is 2.79. The van der Waals surface area contributed by atoms with E-state index < -0.39 is 0 Å². The summed E-state index contributed by atoms with van der Waals surface area (Å²) in [6, 6.07) is 0.184. The molecule has 2 atom stereocenters. The number of fused-ring (bicyclic) bond motifs is 1. The van der Waals surface area contributed by atoms with E-state index in [0.29, 0.717) is 0 Å². The van der Waals surface area contributed by atoms with Crippen molar-refractivity contribution in [3.63, 3.8) is 0 Å². The molecule has 2 N–H and O–H groups in total. The smallest absolute Gasteiger partial charge is 0.185 e. The minimum Gasteiger partial charge on any atom is -0.348 e. The molecule has 19 heavy (non-hydrogen) atoms. The lowest BCUT2D eigenvalue weighted by molar-refractivity contribution is 0.459. The van der Waals surface area contributed by atoms with Gasteiger partial charge in [-0.2, -0.15) is 0 Å². The molecule has 1 aliphatic heterocycles. The normalized spacial score (nSPS) is 28.0. The van der Waals surface area contributed by atoms with Crippen molar-refractivity contribution in [1.82, 2.24) is 4.98 Å². The van der Waals surface area contributed by atoms with Gasteiger partial charge in [0.05, 0.1) is 5.69 Å². The van der Waals surface area contributed by atoms with Crippen molar-refractivity contribution in [2.45, 2.75) is 57.9 Å². The monoisotopic (exact) mass is 279 g/mol. The maximum Gasteiger partial charge on any atom is 0.185 e. The molecule has 0 amide bonds. The summed E-state index contributed by atoms with van der Waals surface area (Å²) in [6.45, 7) is 4.68. The molecule has 1 aromatic heterocycles. The average Bonchev–Trinajstić information content (AvgIpc) is 2.71. The maximum atomic E-state index is 6.19. The number of hydrogen-bond donors (Lipinski definition) is 1. The van der Waals surface area contributed by atoms with Crippen LogP contribution in [-0.2, 0) is 6.42 Å². The molecule has 0 aromatic carbocycles. The van der Waals surface area contributed by atoms with E-state index in [9.17, 15) is 0 Å². The molecule has 0 spiro atoms. The van der Waals surface area contributed by atoms with Gasteiger partial charge in [0.2, 0.25) is 0 Å². The van der Waals surface area contributed by atoms with Crippen molar-refractivity contribution < 1.29 is 0 Å². The summed E-state index contributed by atoms with van der Waals surface area (Å²) in [5, 5.41) is 1.24. The zero-order valence-corrected chi connectivity index (χ0v) is 12.7. The van der Waals surface area contributed by atoms with E-state index in [-0.39, 0.29) is 6.04 Å². The van der Waals surface area contributed by atoms with Crippen LogP contribution in [0.1, 0.15) is 62.1 Å². The Labute approximate surface area is 120 Å². The second-order valence-electron chi connectivity index (χ2n) is 6.00. The number of aromatic nitrogens is 1. The Bertz CT molecular complexity index is 429. The Balaban J connectivity index is 1.75. The molecule has 3 rings (SSSR count). The minimum absolute atomic E-state index is 0.184. The van der Waals surface area contributed by atoms with Crippen LogP contribution in [0.15, 0.2) is 0 Å². The average molecular weight is 279 g/mol. The molecule has 4 heteroatoms. The van der Waals surface area contributed by atoms with Crippen molar-refractivity contribution in [3.8, 4) is 0 Å². The fourth-order valence-electron chi connectivity index (χ4n) is 3.34. The highest BCUT2D eigenvalue weighted by Crippen LogP contribution is 2.36. The van der Waals surface area contributed by atoms with Gasteiger partial charge in [0, 0.05) is 24.0 Å². The summed E-state index contributed by atoms with van der Waals surface area (Å²) in [7, 11) is 0. The van der Waals surface area contributed by atoms with Gasteiger partial charge in [-0.25, -0.2) is 4.98 Å². The third-order valence-corrected chi connectivity index (χ3v) is 5.87. The van der Waals surface area contributed by atoms with Crippen molar-refractivity contribution in [1.29, 1.82) is 0 Å². The molecular weight excluding hydrogens is 254 g/mol. The number of nitrogens with two attached hydrogens (primary N) is 1. The standard InChI is InChI=1S/C15H25N3S/c1-2-11-5-4-9-18(10-8-11)15-17-14-12(16)6-3-7-13(14)19-15/h11-12H,2-10,16H2,1H3. The number of thiazole rings is 1. The Hall–Kier alpha value is -0.610. The lowest BCUT2D eigenvalue weighted by Crippen LogP contribution is -2.24. The first-order valence-corrected chi connectivity index (χ1v) is 8.59. The summed E-state index contributed by atoms with van der Waals surface area (Å²) in [5.41, 5.74) is 7.39. The predicted molar refractivity (Wildman–Crippen MR) is 81.8 cm³/mol. The van der Waals surface area contributed by atoms with Crippen LogP contribution in [0.5, 0.6) is 0 Å². The van der Waals surface area contributed by atoms with Crippen LogP contribution in [0.4, 0.5) is 5.13 Å². The molecule has 0 bridgehead atoms. The molecule has 0 saturated carbocycles. The quantitative estimate of drug-likeness (QED) is 0.901. The van der Waals surface area contributed by atoms with Crippen molar-refractivity contribution in [2.24, 2.45) is 11.7 Å². The van der Waals surface area contributed by atoms with Gasteiger partial charge in [0.1, 0.15) is 0 Å². The Kier molecular flexibility index (Phi) is 4.08. The number of nitrogens with zero attached hydrogens (tertiary/aromatic N) is 2. The SMILES string of the molecule is CCC1CCCN(c2nc3c(s2)CCCC3N)CC1. The van der Waals surface area contributed by atoms with Gasteiger partial charge in [-0.1, -0.05) is 13.3 Å². The van der Waals surface area contributed by atoms with Crippen LogP contribution in [0, 0.1) is 5.92 Å². The van der Waals surface area contributed by atoms with Crippen LogP contribution >= 0.6 is 11.3 Å². The molecule has 1 saturated heterocycles. The van der Waals surface area contributed by atoms with Gasteiger partial charge >= 0.3 is 0 Å². The van der Waals surface area contributed by atoms with E-state index in [1.807, 2.05) is 11.3 Å². The first-order chi connectivity index (χ1) is 9.28. The van der Waals surface area contributed by atoms with E-state index in [4.69, 9.17) is 10.7 Å². The van der Waals surface area contributed by atoms with E-state index in [0.717, 1.165) is 12.3 Å². The zero-order valence-electron chi connectivity index (χ0n) is 11.9. The largest absolute Gasteiger partial charge is 0.348 e. The van der Waals surface area contributed by atoms with Crippen LogP contribution in [-0.4, -0.2) is 18.1 Å². The lowest BCUT2D eigenvalue weighted by Gasteiger charge is -2.19. The third-order valence-electron chi connectivity index (χ3n) is 4.68. The first-order valence-electron chi connectivity index (χ1n) is 7.78. The molecule has 2 heterocycles. The molecule has 2 unspecified atom stereocenters. The molecule has 0 radical (unpaired) electrons. The fraction of sp³-hybridized carbons (Fsp3) is 0.800. The van der Waals surface area contributed by atoms with Gasteiger partial charge < -0.3 is 10.6 Å². The van der Waals surface area contributed by atoms with Gasteiger partial charge in [-0.15, -0.1) is 11.3 Å². The highest BCUT2D eigenvalue weighted by Gasteiger charge is 2.25. The highest BCUT2D eigenvalue weighted by atomic mass is 32.1. The van der Waals surface area contributed by atoms with Crippen molar-refractivity contribution >= 4 is 16.5 Å². The van der Waals surface area contributed by atoms with Crippen LogP contribution in [0.25, 0.3) is 0 Å². The summed E-state index contributed by atoms with van der Waals surface area (Å²) < 4.78 is 0. The van der Waals surface area contributed by atoms with Crippen LogP contribution in [0.3, 0.4) is 0 Å². The van der Waals surface area contributed by atoms with E-state index in [1.165, 1.54) is 67.3 Å². The Morgan fingerprint density at radius 1 is 1.26 bits per heavy atom. The maximum absolute atomic E-state index is 6.19. The van der Waals surface area contributed by atoms with Crippen molar-refractivity contribution in [3.05, 3.63) is 10.6 Å². The summed E-state index contributed by atoms with van der Waals surface area (Å²) in [4.78, 5) is 8.82.